The van der Waals surface area contributed by atoms with E-state index < -0.39 is 11.6 Å². The highest BCUT2D eigenvalue weighted by molar-refractivity contribution is 6.39. The summed E-state index contributed by atoms with van der Waals surface area (Å²) in [4.78, 5) is 26.5. The number of benzene rings is 2. The van der Waals surface area contributed by atoms with Crippen molar-refractivity contribution >= 4 is 17.5 Å². The van der Waals surface area contributed by atoms with Crippen LogP contribution in [0.4, 0.5) is 8.78 Å². The van der Waals surface area contributed by atoms with Crippen molar-refractivity contribution < 1.29 is 23.1 Å². The molecule has 32 heavy (non-hydrogen) atoms. The van der Waals surface area contributed by atoms with Crippen molar-refractivity contribution in [1.82, 2.24) is 15.6 Å². The van der Waals surface area contributed by atoms with Crippen molar-refractivity contribution in [2.45, 2.75) is 31.4 Å². The first-order valence-electron chi connectivity index (χ1n) is 10.5. The summed E-state index contributed by atoms with van der Waals surface area (Å²) in [5, 5.41) is 6.74. The van der Waals surface area contributed by atoms with Gasteiger partial charge in [0.2, 0.25) is 5.91 Å². The van der Waals surface area contributed by atoms with Gasteiger partial charge in [-0.1, -0.05) is 30.3 Å². The Labute approximate surface area is 184 Å². The van der Waals surface area contributed by atoms with E-state index in [4.69, 9.17) is 4.74 Å². The number of ether oxygens (including phenoxy) is 1. The Balaban J connectivity index is 1.20. The smallest absolute Gasteiger partial charge is 0.267 e. The highest BCUT2D eigenvalue weighted by Crippen LogP contribution is 2.23. The number of nitrogens with one attached hydrogen (secondary N) is 2. The maximum Gasteiger partial charge on any atom is 0.267 e. The van der Waals surface area contributed by atoms with E-state index in [1.807, 2.05) is 30.3 Å². The van der Waals surface area contributed by atoms with Crippen LogP contribution in [0.1, 0.15) is 30.9 Å². The van der Waals surface area contributed by atoms with Crippen LogP contribution < -0.4 is 15.5 Å². The first-order valence-corrected chi connectivity index (χ1v) is 10.5. The Morgan fingerprint density at radius 2 is 1.88 bits per heavy atom. The van der Waals surface area contributed by atoms with Gasteiger partial charge in [-0.15, -0.1) is 0 Å². The number of rotatable bonds is 6. The van der Waals surface area contributed by atoms with E-state index >= 15 is 0 Å². The molecule has 168 valence electrons. The maximum absolute atomic E-state index is 13.7. The molecule has 0 aromatic heterocycles. The molecule has 1 atom stereocenters. The second-order valence-corrected chi connectivity index (χ2v) is 7.81. The first kappa shape index (κ1) is 21.7. The lowest BCUT2D eigenvalue weighted by molar-refractivity contribution is -0.133. The summed E-state index contributed by atoms with van der Waals surface area (Å²) in [6.07, 6.45) is 1.12. The van der Waals surface area contributed by atoms with Crippen LogP contribution >= 0.6 is 0 Å². The number of hydrazone groups is 1. The van der Waals surface area contributed by atoms with E-state index in [0.29, 0.717) is 38.1 Å². The molecule has 2 N–H and O–H groups in total. The molecule has 2 aliphatic heterocycles. The number of halogens is 2. The van der Waals surface area contributed by atoms with Gasteiger partial charge in [0.15, 0.2) is 11.6 Å². The summed E-state index contributed by atoms with van der Waals surface area (Å²) in [5.41, 5.74) is 4.35. The second-order valence-electron chi connectivity index (χ2n) is 7.81. The summed E-state index contributed by atoms with van der Waals surface area (Å²) in [6, 6.07) is 12.7. The number of hydrogen-bond acceptors (Lipinski definition) is 5. The Morgan fingerprint density at radius 1 is 1.12 bits per heavy atom. The number of carbonyl (C=O) groups is 2. The fourth-order valence-corrected chi connectivity index (χ4v) is 3.80. The van der Waals surface area contributed by atoms with E-state index in [2.05, 4.69) is 15.8 Å². The third kappa shape index (κ3) is 5.22. The van der Waals surface area contributed by atoms with E-state index in [1.54, 1.807) is 4.90 Å². The molecular weight excluding hydrogens is 418 g/mol. The van der Waals surface area contributed by atoms with Crippen molar-refractivity contribution in [3.05, 3.63) is 65.7 Å². The van der Waals surface area contributed by atoms with Crippen molar-refractivity contribution in [2.75, 3.05) is 19.6 Å². The fourth-order valence-electron chi connectivity index (χ4n) is 3.80. The molecule has 0 saturated carbocycles. The van der Waals surface area contributed by atoms with Gasteiger partial charge < -0.3 is 20.4 Å². The third-order valence-electron chi connectivity index (χ3n) is 5.60. The average molecular weight is 442 g/mol. The van der Waals surface area contributed by atoms with Gasteiger partial charge in [-0.2, -0.15) is 5.10 Å². The number of likely N-dealkylation sites (tertiary alicyclic amines) is 1. The zero-order valence-corrected chi connectivity index (χ0v) is 17.4. The SMILES string of the molecule is O=C(NCC(=O)N1CCC(Oc2cc(F)ccc2F)CC1)C1=NNC(c2ccccc2)C1. The van der Waals surface area contributed by atoms with Crippen LogP contribution in [0, 0.1) is 11.6 Å². The van der Waals surface area contributed by atoms with Crippen molar-refractivity contribution in [3.8, 4) is 5.75 Å². The molecule has 0 spiro atoms. The third-order valence-corrected chi connectivity index (χ3v) is 5.60. The van der Waals surface area contributed by atoms with Gasteiger partial charge in [0.05, 0.1) is 12.6 Å². The van der Waals surface area contributed by atoms with Crippen LogP contribution in [0.3, 0.4) is 0 Å². The summed E-state index contributed by atoms with van der Waals surface area (Å²) >= 11 is 0. The minimum Gasteiger partial charge on any atom is -0.487 e. The summed E-state index contributed by atoms with van der Waals surface area (Å²) in [6.45, 7) is 0.696. The number of carbonyl (C=O) groups excluding carboxylic acids is 2. The van der Waals surface area contributed by atoms with Crippen LogP contribution in [-0.4, -0.2) is 48.2 Å². The van der Waals surface area contributed by atoms with Gasteiger partial charge in [-0.25, -0.2) is 8.78 Å². The lowest BCUT2D eigenvalue weighted by atomic mass is 10.0. The van der Waals surface area contributed by atoms with Crippen LogP contribution in [0.15, 0.2) is 53.6 Å². The molecular formula is C23H24F2N4O3. The molecule has 0 radical (unpaired) electrons. The molecule has 2 heterocycles. The molecule has 7 nitrogen and oxygen atoms in total. The molecule has 2 aromatic carbocycles. The van der Waals surface area contributed by atoms with Gasteiger partial charge >= 0.3 is 0 Å². The van der Waals surface area contributed by atoms with Crippen LogP contribution in [0.2, 0.25) is 0 Å². The molecule has 0 aliphatic carbocycles. The summed E-state index contributed by atoms with van der Waals surface area (Å²) in [7, 11) is 0. The molecule has 2 aromatic rings. The lowest BCUT2D eigenvalue weighted by Gasteiger charge is -2.32. The Kier molecular flexibility index (Phi) is 6.63. The molecule has 1 unspecified atom stereocenters. The van der Waals surface area contributed by atoms with Crippen LogP contribution in [0.25, 0.3) is 0 Å². The predicted octanol–water partition coefficient (Wildman–Crippen LogP) is 2.54. The van der Waals surface area contributed by atoms with Crippen LogP contribution in [-0.2, 0) is 9.59 Å². The number of amides is 2. The standard InChI is InChI=1S/C23H24F2N4O3/c24-16-6-7-18(25)21(12-16)32-17-8-10-29(11-9-17)22(30)14-26-23(31)20-13-19(27-28-20)15-4-2-1-3-5-15/h1-7,12,17,19,27H,8-11,13-14H2,(H,26,31). The Bertz CT molecular complexity index is 1010. The van der Waals surface area contributed by atoms with Gasteiger partial charge in [0.25, 0.3) is 5.91 Å². The summed E-state index contributed by atoms with van der Waals surface area (Å²) in [5.74, 6) is -1.89. The van der Waals surface area contributed by atoms with Crippen molar-refractivity contribution in [3.63, 3.8) is 0 Å². The lowest BCUT2D eigenvalue weighted by Crippen LogP contribution is -2.46. The first-order chi connectivity index (χ1) is 15.5. The maximum atomic E-state index is 13.7. The number of hydrogen-bond donors (Lipinski definition) is 2. The fraction of sp³-hybridized carbons (Fsp3) is 0.348. The van der Waals surface area contributed by atoms with E-state index in [0.717, 1.165) is 23.8 Å². The molecule has 2 amide bonds. The average Bonchev–Trinajstić information content (AvgIpc) is 3.31. The summed E-state index contributed by atoms with van der Waals surface area (Å²) < 4.78 is 32.6. The highest BCUT2D eigenvalue weighted by Gasteiger charge is 2.27. The molecule has 2 aliphatic rings. The van der Waals surface area contributed by atoms with E-state index in [9.17, 15) is 18.4 Å². The van der Waals surface area contributed by atoms with E-state index in [1.165, 1.54) is 0 Å². The van der Waals surface area contributed by atoms with Crippen LogP contribution in [0.5, 0.6) is 5.75 Å². The van der Waals surface area contributed by atoms with Gasteiger partial charge in [0.1, 0.15) is 17.6 Å². The monoisotopic (exact) mass is 442 g/mol. The van der Waals surface area contributed by atoms with Gasteiger partial charge in [0, 0.05) is 38.4 Å². The quantitative estimate of drug-likeness (QED) is 0.720. The highest BCUT2D eigenvalue weighted by atomic mass is 19.1. The predicted molar refractivity (Wildman–Crippen MR) is 114 cm³/mol. The minimum atomic E-state index is -0.619. The Hall–Kier alpha value is -3.49. The molecule has 9 heteroatoms. The topological polar surface area (TPSA) is 83.0 Å². The van der Waals surface area contributed by atoms with Crippen molar-refractivity contribution in [2.24, 2.45) is 5.10 Å². The normalized spacial score (nSPS) is 18.6. The molecule has 1 saturated heterocycles. The zero-order valence-electron chi connectivity index (χ0n) is 17.4. The minimum absolute atomic E-state index is 0.0606. The number of piperidine rings is 1. The largest absolute Gasteiger partial charge is 0.487 e. The van der Waals surface area contributed by atoms with Gasteiger partial charge in [-0.05, 0) is 17.7 Å². The van der Waals surface area contributed by atoms with Crippen molar-refractivity contribution in [1.29, 1.82) is 0 Å². The van der Waals surface area contributed by atoms with Gasteiger partial charge in [-0.3, -0.25) is 9.59 Å². The zero-order chi connectivity index (χ0) is 22.5. The molecule has 0 bridgehead atoms. The Morgan fingerprint density at radius 3 is 2.62 bits per heavy atom. The molecule has 4 rings (SSSR count). The second kappa shape index (κ2) is 9.76. The molecule has 1 fully saturated rings. The van der Waals surface area contributed by atoms with E-state index in [-0.39, 0.29) is 36.3 Å². The number of nitrogens with zero attached hydrogens (tertiary/aromatic N) is 2.